The number of alkyl halides is 1. The van der Waals surface area contributed by atoms with Gasteiger partial charge in [-0.1, -0.05) is 45.9 Å². The van der Waals surface area contributed by atoms with E-state index in [1.807, 2.05) is 42.7 Å². The van der Waals surface area contributed by atoms with Crippen LogP contribution in [0.5, 0.6) is 5.75 Å². The summed E-state index contributed by atoms with van der Waals surface area (Å²) in [5.41, 5.74) is 5.67. The summed E-state index contributed by atoms with van der Waals surface area (Å²) in [5, 5.41) is 1.18. The van der Waals surface area contributed by atoms with Gasteiger partial charge in [-0.05, 0) is 49.7 Å². The van der Waals surface area contributed by atoms with Crippen LogP contribution in [0.3, 0.4) is 0 Å². The van der Waals surface area contributed by atoms with E-state index in [0.29, 0.717) is 17.7 Å². The van der Waals surface area contributed by atoms with Crippen LogP contribution in [0.15, 0.2) is 42.5 Å². The van der Waals surface area contributed by atoms with Gasteiger partial charge in [0.15, 0.2) is 0 Å². The third-order valence-electron chi connectivity index (χ3n) is 7.86. The Morgan fingerprint density at radius 1 is 1.10 bits per heavy atom. The molecule has 0 aromatic heterocycles. The molecule has 41 heavy (non-hydrogen) atoms. The van der Waals surface area contributed by atoms with Gasteiger partial charge < -0.3 is 4.90 Å². The quantitative estimate of drug-likeness (QED) is 0.144. The van der Waals surface area contributed by atoms with Crippen molar-refractivity contribution in [3.05, 3.63) is 59.2 Å². The van der Waals surface area contributed by atoms with Crippen molar-refractivity contribution in [3.8, 4) is 5.75 Å². The first kappa shape index (κ1) is 35.7. The Kier molecular flexibility index (Phi) is 13.8. The minimum atomic E-state index is -0.597. The van der Waals surface area contributed by atoms with Gasteiger partial charge in [0.2, 0.25) is 0 Å². The van der Waals surface area contributed by atoms with Crippen LogP contribution in [-0.2, 0) is 38.2 Å². The zero-order chi connectivity index (χ0) is 31.0. The third-order valence-corrected chi connectivity index (χ3v) is 9.34. The van der Waals surface area contributed by atoms with E-state index >= 15 is 0 Å². The molecule has 1 amide bonds. The first-order valence-electron chi connectivity index (χ1n) is 14.4. The fraction of sp³-hybridized carbons (Fsp3) is 0.576. The predicted octanol–water partition coefficient (Wildman–Crippen LogP) is 7.93. The predicted molar refractivity (Wildman–Crippen MR) is 171 cm³/mol. The molecule has 5 nitrogen and oxygen atoms in total. The first-order valence-corrected chi connectivity index (χ1v) is 18.2. The van der Waals surface area contributed by atoms with Gasteiger partial charge in [-0.15, -0.1) is 11.6 Å². The number of anilines is 1. The second-order valence-electron chi connectivity index (χ2n) is 12.2. The summed E-state index contributed by atoms with van der Waals surface area (Å²) in [4.78, 5) is 19.8. The topological polar surface area (TPSA) is 42.0 Å². The number of hydrogen-bond donors (Lipinski definition) is 0. The van der Waals surface area contributed by atoms with E-state index in [9.17, 15) is 4.79 Å². The molecule has 0 aliphatic carbocycles. The Hall–Kier alpha value is -1.46. The summed E-state index contributed by atoms with van der Waals surface area (Å²) < 4.78 is 7.83. The molecule has 0 spiro atoms. The average molecular weight is 694 g/mol. The van der Waals surface area contributed by atoms with Crippen molar-refractivity contribution >= 4 is 37.5 Å². The Labute approximate surface area is 265 Å². The van der Waals surface area contributed by atoms with E-state index in [2.05, 4.69) is 64.6 Å². The normalized spacial score (nSPS) is 18.5. The number of hydrogen-bond acceptors (Lipinski definition) is 4. The standard InChI is InChI=1S/C19H30ClN.C14H19NO3.ClH.Ru/c1-7-14-10-9-11-15(8-2)17(14)21-16(12-20)18(3,4)13-19(21,5)6;1-10(2)13(14(16)15(4)17-5)18-12-9-7-6-8-11(12)3;;/h9-11,16H,7-8,12-13H2,1-6H3;3,6-10,13H,1-2,4-5H3;1H;/q;;;+1/p-1. The van der Waals surface area contributed by atoms with Gasteiger partial charge in [0, 0.05) is 23.1 Å². The van der Waals surface area contributed by atoms with Crippen LogP contribution < -0.4 is 9.64 Å². The van der Waals surface area contributed by atoms with Crippen LogP contribution >= 0.6 is 21.3 Å². The number of halogens is 2. The summed E-state index contributed by atoms with van der Waals surface area (Å²) >= 11 is 6.06. The van der Waals surface area contributed by atoms with Crippen molar-refractivity contribution in [1.82, 2.24) is 5.06 Å². The minimum absolute atomic E-state index is 0.0251. The van der Waals surface area contributed by atoms with Gasteiger partial charge in [0.05, 0.1) is 0 Å². The van der Waals surface area contributed by atoms with Crippen molar-refractivity contribution in [2.45, 2.75) is 92.3 Å². The molecule has 1 fully saturated rings. The summed E-state index contributed by atoms with van der Waals surface area (Å²) in [6.07, 6.45) is 2.73. The summed E-state index contributed by atoms with van der Waals surface area (Å²) in [6.45, 7) is 17.8. The van der Waals surface area contributed by atoms with Crippen LogP contribution in [0, 0.1) is 11.3 Å². The summed E-state index contributed by atoms with van der Waals surface area (Å²) in [6, 6.07) is 14.7. The first-order chi connectivity index (χ1) is 19.3. The number of likely N-dealkylation sites (N-methyl/N-ethyl adjacent to an activating group) is 1. The van der Waals surface area contributed by atoms with E-state index in [0.717, 1.165) is 18.4 Å². The number of carbonyl (C=O) groups excluding carboxylic acids is 1. The zero-order valence-electron chi connectivity index (χ0n) is 26.4. The molecule has 231 valence electrons. The van der Waals surface area contributed by atoms with E-state index < -0.39 is 6.10 Å². The molecule has 3 rings (SSSR count). The van der Waals surface area contributed by atoms with Crippen molar-refractivity contribution < 1.29 is 30.1 Å². The average Bonchev–Trinajstić information content (AvgIpc) is 3.13. The number of amides is 1. The van der Waals surface area contributed by atoms with Crippen LogP contribution in [0.1, 0.15) is 78.5 Å². The Bertz CT molecular complexity index is 1150. The van der Waals surface area contributed by atoms with Gasteiger partial charge in [-0.3, -0.25) is 0 Å². The fourth-order valence-corrected chi connectivity index (χ4v) is 7.61. The molecule has 2 aromatic rings. The molecule has 1 aliphatic heterocycles. The van der Waals surface area contributed by atoms with Crippen molar-refractivity contribution in [2.75, 3.05) is 24.9 Å². The molecule has 2 unspecified atom stereocenters. The molecule has 1 aliphatic rings. The molecule has 1 heterocycles. The zero-order valence-corrected chi connectivity index (χ0v) is 29.7. The van der Waals surface area contributed by atoms with Crippen LogP contribution in [0.4, 0.5) is 5.69 Å². The second kappa shape index (κ2) is 15.9. The van der Waals surface area contributed by atoms with E-state index in [-0.39, 0.29) is 38.5 Å². The number of nitrogens with zero attached hydrogens (tertiary/aromatic N) is 2. The van der Waals surface area contributed by atoms with E-state index in [1.54, 1.807) is 7.05 Å². The molecule has 0 radical (unpaired) electrons. The number of rotatable bonds is 10. The molecular weight excluding hydrogens is 644 g/mol. The molecule has 0 N–H and O–H groups in total. The van der Waals surface area contributed by atoms with Crippen LogP contribution in [-0.4, -0.2) is 53.3 Å². The summed E-state index contributed by atoms with van der Waals surface area (Å²) in [5.74, 6) is 1.17. The Balaban J connectivity index is 0.000000287. The Morgan fingerprint density at radius 3 is 2.17 bits per heavy atom. The number of aryl methyl sites for hydroxylation is 2. The molecule has 2 aromatic carbocycles. The maximum absolute atomic E-state index is 12.2. The number of carbonyl (C=O) groups is 1. The number of ether oxygens (including phenoxy) is 1. The molecule has 0 bridgehead atoms. The van der Waals surface area contributed by atoms with E-state index in [1.165, 1.54) is 35.4 Å². The number of benzene rings is 2. The van der Waals surface area contributed by atoms with Crippen molar-refractivity contribution in [2.24, 2.45) is 11.3 Å². The van der Waals surface area contributed by atoms with Gasteiger partial charge in [0.25, 0.3) is 0 Å². The SMILES string of the molecule is CCc1cccc(CC)c1N1C(CCl)C(C)(C)CC1(C)C.CON(C)C(=O)C(Oc1ccccc1[CH]=[Ru][Cl])C(C)C. The maximum atomic E-state index is 12.2. The monoisotopic (exact) mass is 693 g/mol. The number of hydroxylamine groups is 2. The molecule has 2 atom stereocenters. The third kappa shape index (κ3) is 8.79. The Morgan fingerprint density at radius 2 is 1.68 bits per heavy atom. The fourth-order valence-electron chi connectivity index (χ4n) is 5.94. The van der Waals surface area contributed by atoms with Crippen molar-refractivity contribution in [1.29, 1.82) is 0 Å². The molecule has 1 saturated heterocycles. The van der Waals surface area contributed by atoms with Crippen molar-refractivity contribution in [3.63, 3.8) is 0 Å². The van der Waals surface area contributed by atoms with Crippen LogP contribution in [0.2, 0.25) is 0 Å². The number of para-hydroxylation sites is 2. The molecule has 8 heteroatoms. The van der Waals surface area contributed by atoms with Gasteiger partial charge in [-0.25, -0.2) is 0 Å². The summed E-state index contributed by atoms with van der Waals surface area (Å²) in [7, 11) is 8.85. The molecular formula is C33H49Cl2N2O3Ru. The van der Waals surface area contributed by atoms with Gasteiger partial charge in [-0.2, -0.15) is 0 Å². The second-order valence-corrected chi connectivity index (χ2v) is 14.3. The van der Waals surface area contributed by atoms with Gasteiger partial charge in [0.1, 0.15) is 0 Å². The van der Waals surface area contributed by atoms with Gasteiger partial charge >= 0.3 is 131 Å². The molecule has 0 saturated carbocycles. The van der Waals surface area contributed by atoms with Crippen LogP contribution in [0.25, 0.3) is 0 Å². The van der Waals surface area contributed by atoms with E-state index in [4.69, 9.17) is 30.9 Å².